The molecular formula is C16H15NO3. The van der Waals surface area contributed by atoms with Gasteiger partial charge in [-0.1, -0.05) is 30.3 Å². The van der Waals surface area contributed by atoms with Gasteiger partial charge in [0.05, 0.1) is 6.61 Å². The van der Waals surface area contributed by atoms with E-state index in [0.29, 0.717) is 18.9 Å². The summed E-state index contributed by atoms with van der Waals surface area (Å²) in [6, 6.07) is 13.7. The van der Waals surface area contributed by atoms with Crippen LogP contribution < -0.4 is 5.32 Å². The Morgan fingerprint density at radius 2 is 2.05 bits per heavy atom. The van der Waals surface area contributed by atoms with Crippen LogP contribution in [0.2, 0.25) is 0 Å². The summed E-state index contributed by atoms with van der Waals surface area (Å²) in [6.07, 6.45) is 0. The Labute approximate surface area is 116 Å². The van der Waals surface area contributed by atoms with Crippen molar-refractivity contribution in [3.05, 3.63) is 48.2 Å². The van der Waals surface area contributed by atoms with Crippen LogP contribution in [0.1, 0.15) is 10.6 Å². The van der Waals surface area contributed by atoms with Crippen molar-refractivity contribution in [1.29, 1.82) is 0 Å². The monoisotopic (exact) mass is 269 g/mol. The largest absolute Gasteiger partial charge is 0.451 e. The molecule has 0 saturated carbocycles. The lowest BCUT2D eigenvalue weighted by molar-refractivity contribution is 0.0911. The molecule has 1 aromatic heterocycles. The fraction of sp³-hybridized carbons (Fsp3) is 0.188. The zero-order chi connectivity index (χ0) is 13.9. The van der Waals surface area contributed by atoms with Gasteiger partial charge in [0.1, 0.15) is 5.58 Å². The maximum atomic E-state index is 12.0. The Bertz CT molecular complexity index is 761. The summed E-state index contributed by atoms with van der Waals surface area (Å²) in [7, 11) is 1.60. The van der Waals surface area contributed by atoms with Crippen LogP contribution in [-0.2, 0) is 4.74 Å². The van der Waals surface area contributed by atoms with Crippen LogP contribution in [0, 0.1) is 0 Å². The van der Waals surface area contributed by atoms with Crippen LogP contribution in [0.4, 0.5) is 0 Å². The molecule has 0 unspecified atom stereocenters. The van der Waals surface area contributed by atoms with Gasteiger partial charge in [-0.15, -0.1) is 0 Å². The number of rotatable bonds is 4. The molecular weight excluding hydrogens is 254 g/mol. The number of hydrogen-bond acceptors (Lipinski definition) is 3. The fourth-order valence-electron chi connectivity index (χ4n) is 2.26. The van der Waals surface area contributed by atoms with Crippen LogP contribution in [0.15, 0.2) is 46.9 Å². The summed E-state index contributed by atoms with van der Waals surface area (Å²) < 4.78 is 10.5. The van der Waals surface area contributed by atoms with Gasteiger partial charge in [-0.3, -0.25) is 4.79 Å². The van der Waals surface area contributed by atoms with E-state index in [9.17, 15) is 4.79 Å². The number of hydrogen-bond donors (Lipinski definition) is 1. The topological polar surface area (TPSA) is 51.5 Å². The van der Waals surface area contributed by atoms with Crippen molar-refractivity contribution >= 4 is 27.6 Å². The molecule has 0 aliphatic rings. The zero-order valence-corrected chi connectivity index (χ0v) is 11.2. The molecule has 0 spiro atoms. The first kappa shape index (κ1) is 12.7. The molecule has 4 heteroatoms. The summed E-state index contributed by atoms with van der Waals surface area (Å²) >= 11 is 0. The van der Waals surface area contributed by atoms with E-state index in [1.54, 1.807) is 13.2 Å². The SMILES string of the molecule is COCCNC(=O)c1cc2c(ccc3ccccc32)o1. The van der Waals surface area contributed by atoms with E-state index in [-0.39, 0.29) is 5.91 Å². The first-order valence-electron chi connectivity index (χ1n) is 6.48. The molecule has 0 bridgehead atoms. The van der Waals surface area contributed by atoms with Gasteiger partial charge in [0, 0.05) is 19.0 Å². The number of nitrogens with one attached hydrogen (secondary N) is 1. The van der Waals surface area contributed by atoms with E-state index in [1.165, 1.54) is 0 Å². The number of benzene rings is 2. The number of amides is 1. The van der Waals surface area contributed by atoms with Crippen LogP contribution in [-0.4, -0.2) is 26.2 Å². The molecule has 4 nitrogen and oxygen atoms in total. The maximum Gasteiger partial charge on any atom is 0.287 e. The number of methoxy groups -OCH3 is 1. The average Bonchev–Trinajstić information content (AvgIpc) is 2.92. The van der Waals surface area contributed by atoms with Gasteiger partial charge in [-0.05, 0) is 22.9 Å². The molecule has 2 aromatic carbocycles. The highest BCUT2D eigenvalue weighted by atomic mass is 16.5. The Hall–Kier alpha value is -2.33. The van der Waals surface area contributed by atoms with Crippen LogP contribution in [0.3, 0.4) is 0 Å². The second kappa shape index (κ2) is 5.35. The van der Waals surface area contributed by atoms with E-state index < -0.39 is 0 Å². The van der Waals surface area contributed by atoms with E-state index >= 15 is 0 Å². The minimum Gasteiger partial charge on any atom is -0.451 e. The molecule has 3 rings (SSSR count). The highest BCUT2D eigenvalue weighted by Gasteiger charge is 2.13. The van der Waals surface area contributed by atoms with E-state index in [4.69, 9.17) is 9.15 Å². The Morgan fingerprint density at radius 1 is 1.20 bits per heavy atom. The smallest absolute Gasteiger partial charge is 0.287 e. The zero-order valence-electron chi connectivity index (χ0n) is 11.2. The molecule has 0 atom stereocenters. The molecule has 3 aromatic rings. The quantitative estimate of drug-likeness (QED) is 0.741. The van der Waals surface area contributed by atoms with Crippen molar-refractivity contribution in [2.75, 3.05) is 20.3 Å². The third-order valence-electron chi connectivity index (χ3n) is 3.24. The minimum atomic E-state index is -0.220. The molecule has 0 fully saturated rings. The van der Waals surface area contributed by atoms with Crippen molar-refractivity contribution < 1.29 is 13.9 Å². The van der Waals surface area contributed by atoms with Gasteiger partial charge in [0.2, 0.25) is 0 Å². The molecule has 1 N–H and O–H groups in total. The lowest BCUT2D eigenvalue weighted by atomic mass is 10.1. The first-order chi connectivity index (χ1) is 9.79. The Kier molecular flexibility index (Phi) is 3.39. The highest BCUT2D eigenvalue weighted by molar-refractivity contribution is 6.08. The first-order valence-corrected chi connectivity index (χ1v) is 6.48. The molecule has 1 heterocycles. The van der Waals surface area contributed by atoms with Gasteiger partial charge < -0.3 is 14.5 Å². The fourth-order valence-corrected chi connectivity index (χ4v) is 2.26. The van der Waals surface area contributed by atoms with E-state index in [0.717, 1.165) is 21.7 Å². The van der Waals surface area contributed by atoms with Gasteiger partial charge in [0.25, 0.3) is 5.91 Å². The normalized spacial score (nSPS) is 11.1. The Balaban J connectivity index is 1.98. The van der Waals surface area contributed by atoms with Crippen molar-refractivity contribution in [3.8, 4) is 0 Å². The third kappa shape index (κ3) is 2.26. The Morgan fingerprint density at radius 3 is 2.90 bits per heavy atom. The van der Waals surface area contributed by atoms with E-state index in [1.807, 2.05) is 36.4 Å². The van der Waals surface area contributed by atoms with Gasteiger partial charge in [-0.2, -0.15) is 0 Å². The summed E-state index contributed by atoms with van der Waals surface area (Å²) in [5, 5.41) is 5.93. The third-order valence-corrected chi connectivity index (χ3v) is 3.24. The average molecular weight is 269 g/mol. The predicted octanol–water partition coefficient (Wildman–Crippen LogP) is 2.96. The molecule has 102 valence electrons. The second-order valence-corrected chi connectivity index (χ2v) is 4.56. The number of ether oxygens (including phenoxy) is 1. The molecule has 0 aliphatic heterocycles. The molecule has 1 amide bonds. The molecule has 0 saturated heterocycles. The number of carbonyl (C=O) groups excluding carboxylic acids is 1. The number of fused-ring (bicyclic) bond motifs is 3. The molecule has 20 heavy (non-hydrogen) atoms. The van der Waals surface area contributed by atoms with Crippen LogP contribution >= 0.6 is 0 Å². The molecule has 0 radical (unpaired) electrons. The summed E-state index contributed by atoms with van der Waals surface area (Å²) in [6.45, 7) is 0.946. The van der Waals surface area contributed by atoms with Gasteiger partial charge in [-0.25, -0.2) is 0 Å². The summed E-state index contributed by atoms with van der Waals surface area (Å²) in [5.74, 6) is 0.106. The van der Waals surface area contributed by atoms with Crippen molar-refractivity contribution in [1.82, 2.24) is 5.32 Å². The van der Waals surface area contributed by atoms with Gasteiger partial charge >= 0.3 is 0 Å². The summed E-state index contributed by atoms with van der Waals surface area (Å²) in [5.41, 5.74) is 0.723. The van der Waals surface area contributed by atoms with Crippen molar-refractivity contribution in [3.63, 3.8) is 0 Å². The maximum absolute atomic E-state index is 12.0. The highest BCUT2D eigenvalue weighted by Crippen LogP contribution is 2.27. The number of carbonyl (C=O) groups is 1. The van der Waals surface area contributed by atoms with Crippen LogP contribution in [0.25, 0.3) is 21.7 Å². The summed E-state index contributed by atoms with van der Waals surface area (Å²) in [4.78, 5) is 12.0. The molecule has 0 aliphatic carbocycles. The lowest BCUT2D eigenvalue weighted by Gasteiger charge is -2.00. The predicted molar refractivity (Wildman–Crippen MR) is 77.9 cm³/mol. The number of furan rings is 1. The minimum absolute atomic E-state index is 0.220. The van der Waals surface area contributed by atoms with E-state index in [2.05, 4.69) is 5.32 Å². The lowest BCUT2D eigenvalue weighted by Crippen LogP contribution is -2.26. The van der Waals surface area contributed by atoms with Crippen molar-refractivity contribution in [2.24, 2.45) is 0 Å². The van der Waals surface area contributed by atoms with Crippen LogP contribution in [0.5, 0.6) is 0 Å². The van der Waals surface area contributed by atoms with Crippen molar-refractivity contribution in [2.45, 2.75) is 0 Å². The van der Waals surface area contributed by atoms with Gasteiger partial charge in [0.15, 0.2) is 5.76 Å². The standard InChI is InChI=1S/C16H15NO3/c1-19-9-8-17-16(18)15-10-13-12-5-3-2-4-11(12)6-7-14(13)20-15/h2-7,10H,8-9H2,1H3,(H,17,18). The second-order valence-electron chi connectivity index (χ2n) is 4.56.